The number of hydrogen-bond donors (Lipinski definition) is 1. The number of nitrogens with zero attached hydrogens (tertiary/aromatic N) is 3. The molecule has 0 atom stereocenters. The fraction of sp³-hybridized carbons (Fsp3) is 0.200. The van der Waals surface area contributed by atoms with Crippen LogP contribution in [0.4, 0.5) is 11.6 Å². The van der Waals surface area contributed by atoms with Crippen LogP contribution in [0.25, 0.3) is 0 Å². The SMILES string of the molecule is COC(=O)c1nc(Nc2cccc(Cl)c2)nn1COCCOC(=O)c1ccccc1. The van der Waals surface area contributed by atoms with Gasteiger partial charge in [0.15, 0.2) is 0 Å². The molecule has 1 N–H and O–H groups in total. The van der Waals surface area contributed by atoms with E-state index in [9.17, 15) is 9.59 Å². The molecule has 0 fully saturated rings. The van der Waals surface area contributed by atoms with Crippen molar-refractivity contribution < 1.29 is 23.8 Å². The van der Waals surface area contributed by atoms with Crippen molar-refractivity contribution in [1.82, 2.24) is 14.8 Å². The molecule has 10 heteroatoms. The third-order valence-corrected chi connectivity index (χ3v) is 4.04. The molecule has 0 saturated carbocycles. The number of methoxy groups -OCH3 is 1. The molecule has 0 bridgehead atoms. The first-order valence-corrected chi connectivity index (χ1v) is 9.30. The number of rotatable bonds is 9. The summed E-state index contributed by atoms with van der Waals surface area (Å²) in [5.41, 5.74) is 1.11. The summed E-state index contributed by atoms with van der Waals surface area (Å²) in [5.74, 6) is -0.968. The van der Waals surface area contributed by atoms with Crippen LogP contribution in [0.2, 0.25) is 5.02 Å². The number of aromatic nitrogens is 3. The number of benzene rings is 2. The van der Waals surface area contributed by atoms with Crippen molar-refractivity contribution in [3.05, 3.63) is 71.0 Å². The van der Waals surface area contributed by atoms with Crippen molar-refractivity contribution in [2.24, 2.45) is 0 Å². The van der Waals surface area contributed by atoms with Gasteiger partial charge in [0.05, 0.1) is 19.3 Å². The Hall–Kier alpha value is -3.43. The van der Waals surface area contributed by atoms with E-state index in [2.05, 4.69) is 15.4 Å². The maximum Gasteiger partial charge on any atom is 0.375 e. The molecule has 0 aliphatic heterocycles. The third-order valence-electron chi connectivity index (χ3n) is 3.80. The van der Waals surface area contributed by atoms with Crippen LogP contribution in [0.1, 0.15) is 21.0 Å². The molecule has 2 aromatic carbocycles. The van der Waals surface area contributed by atoms with Crippen molar-refractivity contribution in [2.45, 2.75) is 6.73 Å². The van der Waals surface area contributed by atoms with Gasteiger partial charge in [0.1, 0.15) is 13.3 Å². The Morgan fingerprint density at radius 2 is 1.87 bits per heavy atom. The van der Waals surface area contributed by atoms with Crippen molar-refractivity contribution in [3.8, 4) is 0 Å². The van der Waals surface area contributed by atoms with Crippen LogP contribution < -0.4 is 5.32 Å². The molecular weight excluding hydrogens is 412 g/mol. The van der Waals surface area contributed by atoms with Crippen LogP contribution in [-0.4, -0.2) is 47.0 Å². The quantitative estimate of drug-likeness (QED) is 0.407. The number of nitrogens with one attached hydrogen (secondary N) is 1. The molecule has 0 radical (unpaired) electrons. The summed E-state index contributed by atoms with van der Waals surface area (Å²) in [7, 11) is 1.25. The molecule has 0 aliphatic carbocycles. The highest BCUT2D eigenvalue weighted by Crippen LogP contribution is 2.18. The van der Waals surface area contributed by atoms with Crippen LogP contribution in [-0.2, 0) is 20.9 Å². The second-order valence-corrected chi connectivity index (χ2v) is 6.36. The summed E-state index contributed by atoms with van der Waals surface area (Å²) in [4.78, 5) is 28.0. The minimum Gasteiger partial charge on any atom is -0.463 e. The molecule has 0 spiro atoms. The summed E-state index contributed by atoms with van der Waals surface area (Å²) >= 11 is 5.96. The van der Waals surface area contributed by atoms with E-state index in [0.29, 0.717) is 16.3 Å². The van der Waals surface area contributed by atoms with Crippen molar-refractivity contribution in [2.75, 3.05) is 25.6 Å². The Morgan fingerprint density at radius 3 is 2.60 bits per heavy atom. The number of anilines is 2. The number of hydrogen-bond acceptors (Lipinski definition) is 8. The van der Waals surface area contributed by atoms with Gasteiger partial charge in [-0.2, -0.15) is 4.98 Å². The van der Waals surface area contributed by atoms with Gasteiger partial charge in [-0.05, 0) is 30.3 Å². The lowest BCUT2D eigenvalue weighted by Gasteiger charge is -2.07. The lowest BCUT2D eigenvalue weighted by molar-refractivity contribution is 0.0129. The molecule has 0 amide bonds. The van der Waals surface area contributed by atoms with Gasteiger partial charge < -0.3 is 19.5 Å². The molecule has 0 saturated heterocycles. The van der Waals surface area contributed by atoms with Gasteiger partial charge in [-0.3, -0.25) is 0 Å². The Kier molecular flexibility index (Phi) is 7.36. The number of ether oxygens (including phenoxy) is 3. The molecular formula is C20H19ClN4O5. The zero-order valence-corrected chi connectivity index (χ0v) is 16.8. The maximum absolute atomic E-state index is 12.0. The molecule has 156 valence electrons. The smallest absolute Gasteiger partial charge is 0.375 e. The summed E-state index contributed by atoms with van der Waals surface area (Å²) in [6, 6.07) is 15.6. The van der Waals surface area contributed by atoms with Crippen molar-refractivity contribution in [1.29, 1.82) is 0 Å². The van der Waals surface area contributed by atoms with E-state index in [1.54, 1.807) is 48.5 Å². The predicted octanol–water partition coefficient (Wildman–Crippen LogP) is 3.29. The Labute approximate surface area is 177 Å². The number of halogens is 1. The minimum absolute atomic E-state index is 0.0386. The van der Waals surface area contributed by atoms with Crippen LogP contribution >= 0.6 is 11.6 Å². The fourth-order valence-corrected chi connectivity index (χ4v) is 2.61. The van der Waals surface area contributed by atoms with Crippen molar-refractivity contribution in [3.63, 3.8) is 0 Å². The van der Waals surface area contributed by atoms with Gasteiger partial charge in [-0.1, -0.05) is 35.9 Å². The van der Waals surface area contributed by atoms with E-state index >= 15 is 0 Å². The van der Waals surface area contributed by atoms with Gasteiger partial charge in [0.25, 0.3) is 0 Å². The molecule has 0 unspecified atom stereocenters. The molecule has 3 aromatic rings. The van der Waals surface area contributed by atoms with Crippen LogP contribution in [0.3, 0.4) is 0 Å². The molecule has 3 rings (SSSR count). The average molecular weight is 431 g/mol. The zero-order chi connectivity index (χ0) is 21.3. The first-order chi connectivity index (χ1) is 14.6. The number of carbonyl (C=O) groups is 2. The third kappa shape index (κ3) is 5.79. The first kappa shape index (κ1) is 21.3. The van der Waals surface area contributed by atoms with Crippen LogP contribution in [0, 0.1) is 0 Å². The second kappa shape index (κ2) is 10.4. The highest BCUT2D eigenvalue weighted by atomic mass is 35.5. The Bertz CT molecular complexity index is 1010. The Morgan fingerprint density at radius 1 is 1.07 bits per heavy atom. The van der Waals surface area contributed by atoms with E-state index < -0.39 is 11.9 Å². The van der Waals surface area contributed by atoms with Gasteiger partial charge in [-0.25, -0.2) is 14.3 Å². The molecule has 9 nitrogen and oxygen atoms in total. The van der Waals surface area contributed by atoms with E-state index in [1.807, 2.05) is 6.07 Å². The van der Waals surface area contributed by atoms with E-state index in [4.69, 9.17) is 25.8 Å². The molecule has 1 aromatic heterocycles. The Balaban J connectivity index is 1.55. The van der Waals surface area contributed by atoms with E-state index in [1.165, 1.54) is 11.8 Å². The average Bonchev–Trinajstić information content (AvgIpc) is 3.15. The van der Waals surface area contributed by atoms with Crippen LogP contribution in [0.5, 0.6) is 0 Å². The highest BCUT2D eigenvalue weighted by molar-refractivity contribution is 6.30. The predicted molar refractivity (Wildman–Crippen MR) is 109 cm³/mol. The van der Waals surface area contributed by atoms with Gasteiger partial charge in [-0.15, -0.1) is 5.10 Å². The summed E-state index contributed by atoms with van der Waals surface area (Å²) in [5, 5.41) is 7.70. The standard InChI is InChI=1S/C20H19ClN4O5/c1-28-19(27)17-23-20(22-16-9-5-8-15(21)12-16)24-25(17)13-29-10-11-30-18(26)14-6-3-2-4-7-14/h2-9,12H,10-11,13H2,1H3,(H,22,24). The fourth-order valence-electron chi connectivity index (χ4n) is 2.42. The summed E-state index contributed by atoms with van der Waals surface area (Å²) in [6.45, 7) is 0.0667. The highest BCUT2D eigenvalue weighted by Gasteiger charge is 2.18. The monoisotopic (exact) mass is 430 g/mol. The first-order valence-electron chi connectivity index (χ1n) is 8.92. The topological polar surface area (TPSA) is 105 Å². The van der Waals surface area contributed by atoms with E-state index in [-0.39, 0.29) is 31.7 Å². The lowest BCUT2D eigenvalue weighted by Crippen LogP contribution is -2.17. The van der Waals surface area contributed by atoms with Crippen LogP contribution in [0.15, 0.2) is 54.6 Å². The van der Waals surface area contributed by atoms with Crippen molar-refractivity contribution >= 4 is 35.2 Å². The molecule has 0 aliphatic rings. The zero-order valence-electron chi connectivity index (χ0n) is 16.1. The lowest BCUT2D eigenvalue weighted by atomic mass is 10.2. The molecule has 30 heavy (non-hydrogen) atoms. The van der Waals surface area contributed by atoms with Gasteiger partial charge in [0, 0.05) is 10.7 Å². The van der Waals surface area contributed by atoms with Gasteiger partial charge in [0.2, 0.25) is 11.8 Å². The number of carbonyl (C=O) groups excluding carboxylic acids is 2. The second-order valence-electron chi connectivity index (χ2n) is 5.92. The minimum atomic E-state index is -0.666. The summed E-state index contributed by atoms with van der Waals surface area (Å²) in [6.07, 6.45) is 0. The largest absolute Gasteiger partial charge is 0.463 e. The number of esters is 2. The van der Waals surface area contributed by atoms with E-state index in [0.717, 1.165) is 0 Å². The molecule has 1 heterocycles. The summed E-state index contributed by atoms with van der Waals surface area (Å²) < 4.78 is 16.6. The normalized spacial score (nSPS) is 10.5. The van der Waals surface area contributed by atoms with Gasteiger partial charge >= 0.3 is 11.9 Å². The maximum atomic E-state index is 12.0.